The van der Waals surface area contributed by atoms with E-state index in [-0.39, 0.29) is 0 Å². The molecule has 0 N–H and O–H groups in total. The molecule has 1 aliphatic carbocycles. The predicted octanol–water partition coefficient (Wildman–Crippen LogP) is 14.1. The van der Waals surface area contributed by atoms with Gasteiger partial charge >= 0.3 is 0 Å². The first kappa shape index (κ1) is 31.5. The van der Waals surface area contributed by atoms with Crippen molar-refractivity contribution in [3.63, 3.8) is 0 Å². The van der Waals surface area contributed by atoms with E-state index < -0.39 is 0 Å². The van der Waals surface area contributed by atoms with Gasteiger partial charge in [-0.25, -0.2) is 4.98 Å². The Morgan fingerprint density at radius 1 is 0.436 bits per heavy atom. The van der Waals surface area contributed by atoms with Crippen LogP contribution in [0.2, 0.25) is 0 Å². The van der Waals surface area contributed by atoms with Crippen molar-refractivity contribution < 1.29 is 0 Å². The van der Waals surface area contributed by atoms with E-state index in [2.05, 4.69) is 199 Å². The van der Waals surface area contributed by atoms with Gasteiger partial charge in [-0.2, -0.15) is 0 Å². The molecule has 0 aliphatic heterocycles. The zero-order valence-electron chi connectivity index (χ0n) is 30.3. The van der Waals surface area contributed by atoms with Crippen molar-refractivity contribution in [3.8, 4) is 50.5 Å². The molecule has 10 aromatic rings. The Hall–Kier alpha value is -7.03. The number of hydrogen-bond acceptors (Lipinski definition) is 1. The van der Waals surface area contributed by atoms with Gasteiger partial charge in [0.15, 0.2) is 0 Å². The van der Waals surface area contributed by atoms with E-state index >= 15 is 0 Å². The Morgan fingerprint density at radius 3 is 1.64 bits per heavy atom. The van der Waals surface area contributed by atoms with Gasteiger partial charge in [-0.15, -0.1) is 0 Å². The third-order valence-corrected chi connectivity index (χ3v) is 11.5. The quantitative estimate of drug-likeness (QED) is 0.163. The van der Waals surface area contributed by atoms with Crippen LogP contribution in [0.3, 0.4) is 0 Å². The van der Waals surface area contributed by atoms with Crippen LogP contribution in [-0.4, -0.2) is 9.55 Å². The van der Waals surface area contributed by atoms with E-state index in [1.165, 1.54) is 76.8 Å². The Labute approximate surface area is 320 Å². The van der Waals surface area contributed by atoms with Crippen molar-refractivity contribution in [3.05, 3.63) is 199 Å². The molecule has 55 heavy (non-hydrogen) atoms. The van der Waals surface area contributed by atoms with Crippen LogP contribution in [0, 0.1) is 0 Å². The number of aryl methyl sites for hydroxylation is 1. The molecule has 1 aliphatic rings. The van der Waals surface area contributed by atoms with Crippen molar-refractivity contribution in [2.45, 2.75) is 12.8 Å². The average Bonchev–Trinajstić information content (AvgIpc) is 3.65. The number of benzene rings is 9. The Balaban J connectivity index is 1.03. The molecule has 0 amide bonds. The third kappa shape index (κ3) is 5.14. The number of allylic oxidation sites excluding steroid dienone is 1. The van der Waals surface area contributed by atoms with Crippen molar-refractivity contribution in [1.82, 2.24) is 9.55 Å². The number of hydrogen-bond donors (Lipinski definition) is 0. The first-order valence-corrected chi connectivity index (χ1v) is 19.2. The Kier molecular flexibility index (Phi) is 7.34. The molecule has 0 atom stereocenters. The second kappa shape index (κ2) is 12.8. The van der Waals surface area contributed by atoms with Gasteiger partial charge in [0.1, 0.15) is 5.82 Å². The minimum Gasteiger partial charge on any atom is -0.292 e. The van der Waals surface area contributed by atoms with Crippen LogP contribution in [0.5, 0.6) is 0 Å². The molecular formula is C53H36N2. The van der Waals surface area contributed by atoms with Gasteiger partial charge in [-0.1, -0.05) is 164 Å². The van der Waals surface area contributed by atoms with Gasteiger partial charge in [0.05, 0.1) is 11.0 Å². The van der Waals surface area contributed by atoms with Gasteiger partial charge < -0.3 is 0 Å². The summed E-state index contributed by atoms with van der Waals surface area (Å²) in [7, 11) is 0. The maximum Gasteiger partial charge on any atom is 0.145 e. The molecule has 0 saturated heterocycles. The van der Waals surface area contributed by atoms with E-state index in [1.54, 1.807) is 0 Å². The van der Waals surface area contributed by atoms with Gasteiger partial charge in [0.2, 0.25) is 0 Å². The van der Waals surface area contributed by atoms with Crippen molar-refractivity contribution in [2.24, 2.45) is 0 Å². The minimum atomic E-state index is 0.932. The molecule has 0 fully saturated rings. The molecule has 2 nitrogen and oxygen atoms in total. The number of nitrogens with zero attached hydrogens (tertiary/aromatic N) is 2. The minimum absolute atomic E-state index is 0.932. The molecule has 258 valence electrons. The molecule has 0 spiro atoms. The van der Waals surface area contributed by atoms with Crippen LogP contribution in [0.15, 0.2) is 188 Å². The molecular weight excluding hydrogens is 665 g/mol. The van der Waals surface area contributed by atoms with Crippen LogP contribution in [0.25, 0.3) is 99.9 Å². The number of rotatable bonds is 5. The summed E-state index contributed by atoms with van der Waals surface area (Å²) in [6, 6.07) is 66.2. The highest BCUT2D eigenvalue weighted by atomic mass is 15.1. The molecule has 0 bridgehead atoms. The molecule has 1 heterocycles. The summed E-state index contributed by atoms with van der Waals surface area (Å²) >= 11 is 0. The monoisotopic (exact) mass is 700 g/mol. The highest BCUT2D eigenvalue weighted by molar-refractivity contribution is 6.21. The number of para-hydroxylation sites is 2. The first-order valence-electron chi connectivity index (χ1n) is 19.2. The predicted molar refractivity (Wildman–Crippen MR) is 233 cm³/mol. The topological polar surface area (TPSA) is 17.8 Å². The van der Waals surface area contributed by atoms with Crippen LogP contribution >= 0.6 is 0 Å². The highest BCUT2D eigenvalue weighted by Crippen LogP contribution is 2.44. The van der Waals surface area contributed by atoms with Crippen LogP contribution in [0.4, 0.5) is 0 Å². The van der Waals surface area contributed by atoms with Gasteiger partial charge in [-0.3, -0.25) is 4.57 Å². The Bertz CT molecular complexity index is 3050. The summed E-state index contributed by atoms with van der Waals surface area (Å²) in [5.74, 6) is 0.932. The van der Waals surface area contributed by atoms with E-state index in [0.717, 1.165) is 41.0 Å². The largest absolute Gasteiger partial charge is 0.292 e. The molecule has 2 heteroatoms. The lowest BCUT2D eigenvalue weighted by Gasteiger charge is -2.18. The molecule has 9 aromatic carbocycles. The average molecular weight is 701 g/mol. The zero-order valence-corrected chi connectivity index (χ0v) is 30.3. The summed E-state index contributed by atoms with van der Waals surface area (Å²) in [6.45, 7) is 0. The number of imidazole rings is 1. The maximum atomic E-state index is 5.22. The second-order valence-electron chi connectivity index (χ2n) is 14.6. The lowest BCUT2D eigenvalue weighted by Crippen LogP contribution is -1.98. The third-order valence-electron chi connectivity index (χ3n) is 11.5. The summed E-state index contributed by atoms with van der Waals surface area (Å²) in [4.78, 5) is 5.22. The zero-order chi connectivity index (χ0) is 36.3. The summed E-state index contributed by atoms with van der Waals surface area (Å²) < 4.78 is 2.31. The van der Waals surface area contributed by atoms with E-state index in [4.69, 9.17) is 4.98 Å². The van der Waals surface area contributed by atoms with Crippen LogP contribution in [-0.2, 0) is 6.42 Å². The number of aromatic nitrogens is 2. The van der Waals surface area contributed by atoms with E-state index in [0.29, 0.717) is 0 Å². The fourth-order valence-corrected chi connectivity index (χ4v) is 8.97. The molecule has 11 rings (SSSR count). The fourth-order valence-electron chi connectivity index (χ4n) is 8.97. The lowest BCUT2D eigenvalue weighted by molar-refractivity contribution is 0.997. The van der Waals surface area contributed by atoms with Crippen molar-refractivity contribution >= 4 is 49.4 Å². The van der Waals surface area contributed by atoms with Crippen LogP contribution < -0.4 is 0 Å². The molecule has 0 radical (unpaired) electrons. The maximum absolute atomic E-state index is 5.22. The smallest absolute Gasteiger partial charge is 0.145 e. The summed E-state index contributed by atoms with van der Waals surface area (Å²) in [6.07, 6.45) is 6.79. The fraction of sp³-hybridized carbons (Fsp3) is 0.0377. The highest BCUT2D eigenvalue weighted by Gasteiger charge is 2.19. The van der Waals surface area contributed by atoms with Crippen molar-refractivity contribution in [2.75, 3.05) is 0 Å². The SMILES string of the molecule is C1=Cc2cc(-c3ccc(-c4nc5ccccc5n4-c4ccc(-c5c6ccccc6c(-c6ccccc6)c6ccccc56)cc4)cc3)c3ccccc3c2CC1. The van der Waals surface area contributed by atoms with Crippen LogP contribution in [0.1, 0.15) is 17.5 Å². The Morgan fingerprint density at radius 2 is 0.964 bits per heavy atom. The van der Waals surface area contributed by atoms with Crippen molar-refractivity contribution in [1.29, 1.82) is 0 Å². The number of fused-ring (bicyclic) bond motifs is 6. The lowest BCUT2D eigenvalue weighted by atomic mass is 9.86. The first-order chi connectivity index (χ1) is 27.3. The van der Waals surface area contributed by atoms with Gasteiger partial charge in [0, 0.05) is 11.3 Å². The normalized spacial score (nSPS) is 12.5. The molecule has 1 aromatic heterocycles. The summed E-state index contributed by atoms with van der Waals surface area (Å²) in [5.41, 5.74) is 14.5. The summed E-state index contributed by atoms with van der Waals surface area (Å²) in [5, 5.41) is 7.71. The van der Waals surface area contributed by atoms with E-state index in [9.17, 15) is 0 Å². The van der Waals surface area contributed by atoms with E-state index in [1.807, 2.05) is 0 Å². The molecule has 0 saturated carbocycles. The molecule has 0 unspecified atom stereocenters. The standard InChI is InChI=1S/C53H36N2/c1-2-14-36(15-3-1)51-44-20-8-10-22-46(44)52(47-23-11-9-21-45(47)51)37-30-32-40(33-31-37)55-50-25-13-12-24-49(50)54-53(55)38-28-26-35(27-29-38)48-34-39-16-4-5-17-41(39)42-18-6-7-19-43(42)48/h1-4,6-16,18-34H,5,17H2. The van der Waals surface area contributed by atoms with Gasteiger partial charge in [0.25, 0.3) is 0 Å². The van der Waals surface area contributed by atoms with Gasteiger partial charge in [-0.05, 0) is 120 Å². The second-order valence-corrected chi connectivity index (χ2v) is 14.6.